The maximum atomic E-state index is 13.0. The Morgan fingerprint density at radius 1 is 1.19 bits per heavy atom. The van der Waals surface area contributed by atoms with E-state index in [1.54, 1.807) is 0 Å². The van der Waals surface area contributed by atoms with Gasteiger partial charge in [-0.25, -0.2) is 4.39 Å². The predicted molar refractivity (Wildman–Crippen MR) is 121 cm³/mol. The molecule has 2 N–H and O–H groups in total. The summed E-state index contributed by atoms with van der Waals surface area (Å²) in [6, 6.07) is 13.9. The van der Waals surface area contributed by atoms with Crippen LogP contribution in [0.15, 0.2) is 60.7 Å². The molecule has 166 valence electrons. The van der Waals surface area contributed by atoms with Gasteiger partial charge in [-0.05, 0) is 41.6 Å². The van der Waals surface area contributed by atoms with Crippen LogP contribution in [0, 0.1) is 5.82 Å². The van der Waals surface area contributed by atoms with E-state index < -0.39 is 17.9 Å². The van der Waals surface area contributed by atoms with Crippen LogP contribution in [0.4, 0.5) is 4.39 Å². The molecule has 2 aromatic rings. The Morgan fingerprint density at radius 2 is 1.91 bits per heavy atom. The van der Waals surface area contributed by atoms with Gasteiger partial charge in [0.05, 0.1) is 6.42 Å². The molecule has 1 aliphatic heterocycles. The quantitative estimate of drug-likeness (QED) is 0.394. The van der Waals surface area contributed by atoms with Crippen LogP contribution in [-0.4, -0.2) is 46.9 Å². The molecule has 1 heterocycles. The molecule has 1 fully saturated rings. The molecule has 2 aromatic carbocycles. The number of halogens is 1. The number of thiocarbonyl (C=S) groups is 1. The lowest BCUT2D eigenvalue weighted by atomic mass is 10.1. The SMILES string of the molecule is O=C(/C=C/c1ccc(F)cc1)NC(=S)N1CCNC(=O)C1CC(=O)OCc1ccccc1. The Kier molecular flexibility index (Phi) is 8.04. The number of rotatable bonds is 6. The minimum atomic E-state index is -0.888. The van der Waals surface area contributed by atoms with Gasteiger partial charge in [-0.3, -0.25) is 19.7 Å². The third-order valence-corrected chi connectivity index (χ3v) is 5.06. The number of amides is 2. The number of benzene rings is 2. The number of hydrogen-bond acceptors (Lipinski definition) is 5. The molecular formula is C23H22FN3O4S. The summed E-state index contributed by atoms with van der Waals surface area (Å²) < 4.78 is 18.2. The molecule has 1 unspecified atom stereocenters. The van der Waals surface area contributed by atoms with Crippen molar-refractivity contribution >= 4 is 41.2 Å². The molecule has 0 spiro atoms. The molecule has 0 bridgehead atoms. The summed E-state index contributed by atoms with van der Waals surface area (Å²) in [6.45, 7) is 0.766. The van der Waals surface area contributed by atoms with Crippen molar-refractivity contribution in [3.05, 3.63) is 77.6 Å². The fourth-order valence-corrected chi connectivity index (χ4v) is 3.40. The van der Waals surface area contributed by atoms with Crippen LogP contribution in [0.2, 0.25) is 0 Å². The van der Waals surface area contributed by atoms with Crippen molar-refractivity contribution in [3.8, 4) is 0 Å². The van der Waals surface area contributed by atoms with E-state index in [9.17, 15) is 18.8 Å². The zero-order chi connectivity index (χ0) is 22.9. The van der Waals surface area contributed by atoms with Crippen LogP contribution in [0.1, 0.15) is 17.5 Å². The summed E-state index contributed by atoms with van der Waals surface area (Å²) in [6.07, 6.45) is 2.56. The van der Waals surface area contributed by atoms with Crippen molar-refractivity contribution < 1.29 is 23.5 Å². The maximum absolute atomic E-state index is 13.0. The van der Waals surface area contributed by atoms with Gasteiger partial charge in [0.1, 0.15) is 18.5 Å². The lowest BCUT2D eigenvalue weighted by Gasteiger charge is -2.36. The van der Waals surface area contributed by atoms with Gasteiger partial charge in [0.15, 0.2) is 5.11 Å². The summed E-state index contributed by atoms with van der Waals surface area (Å²) in [4.78, 5) is 38.4. The van der Waals surface area contributed by atoms with E-state index >= 15 is 0 Å². The molecule has 7 nitrogen and oxygen atoms in total. The topological polar surface area (TPSA) is 87.7 Å². The van der Waals surface area contributed by atoms with Crippen LogP contribution < -0.4 is 10.6 Å². The minimum Gasteiger partial charge on any atom is -0.461 e. The van der Waals surface area contributed by atoms with Crippen LogP contribution in [0.25, 0.3) is 6.08 Å². The molecule has 1 atom stereocenters. The molecule has 0 radical (unpaired) electrons. The van der Waals surface area contributed by atoms with E-state index in [1.165, 1.54) is 41.3 Å². The van der Waals surface area contributed by atoms with E-state index in [0.717, 1.165) is 5.56 Å². The second-order valence-electron chi connectivity index (χ2n) is 7.03. The molecule has 3 rings (SSSR count). The number of carbonyl (C=O) groups excluding carboxylic acids is 3. The van der Waals surface area contributed by atoms with Crippen LogP contribution in [0.5, 0.6) is 0 Å². The fourth-order valence-electron chi connectivity index (χ4n) is 3.08. The smallest absolute Gasteiger partial charge is 0.308 e. The summed E-state index contributed by atoms with van der Waals surface area (Å²) in [7, 11) is 0. The number of nitrogens with one attached hydrogen (secondary N) is 2. The van der Waals surface area contributed by atoms with Gasteiger partial charge in [0.25, 0.3) is 0 Å². The maximum Gasteiger partial charge on any atom is 0.308 e. The number of ether oxygens (including phenoxy) is 1. The molecule has 32 heavy (non-hydrogen) atoms. The third-order valence-electron chi connectivity index (χ3n) is 4.72. The fraction of sp³-hybridized carbons (Fsp3) is 0.217. The van der Waals surface area contributed by atoms with Crippen molar-refractivity contribution in [2.75, 3.05) is 13.1 Å². The average molecular weight is 456 g/mol. The van der Waals surface area contributed by atoms with E-state index in [2.05, 4.69) is 10.6 Å². The summed E-state index contributed by atoms with van der Waals surface area (Å²) in [5, 5.41) is 5.27. The highest BCUT2D eigenvalue weighted by Gasteiger charge is 2.34. The molecule has 0 saturated carbocycles. The highest BCUT2D eigenvalue weighted by Crippen LogP contribution is 2.12. The molecule has 2 amide bonds. The van der Waals surface area contributed by atoms with E-state index in [1.807, 2.05) is 30.3 Å². The zero-order valence-corrected chi connectivity index (χ0v) is 17.9. The number of nitrogens with zero attached hydrogens (tertiary/aromatic N) is 1. The Balaban J connectivity index is 1.56. The van der Waals surface area contributed by atoms with Gasteiger partial charge in [-0.2, -0.15) is 0 Å². The third kappa shape index (κ3) is 6.71. The number of piperazine rings is 1. The first-order valence-electron chi connectivity index (χ1n) is 9.95. The van der Waals surface area contributed by atoms with Gasteiger partial charge in [-0.15, -0.1) is 0 Å². The van der Waals surface area contributed by atoms with Crippen LogP contribution >= 0.6 is 12.2 Å². The van der Waals surface area contributed by atoms with E-state index in [4.69, 9.17) is 17.0 Å². The van der Waals surface area contributed by atoms with Gasteiger partial charge < -0.3 is 15.0 Å². The molecule has 1 saturated heterocycles. The molecule has 1 aliphatic rings. The van der Waals surface area contributed by atoms with Crippen molar-refractivity contribution in [2.24, 2.45) is 0 Å². The minimum absolute atomic E-state index is 0.0365. The Hall–Kier alpha value is -3.59. The second-order valence-corrected chi connectivity index (χ2v) is 7.42. The van der Waals surface area contributed by atoms with Gasteiger partial charge in [0.2, 0.25) is 11.8 Å². The first-order chi connectivity index (χ1) is 15.4. The highest BCUT2D eigenvalue weighted by molar-refractivity contribution is 7.80. The molecular weight excluding hydrogens is 433 g/mol. The normalized spacial score (nSPS) is 15.8. The Labute approximate surface area is 190 Å². The van der Waals surface area contributed by atoms with Crippen LogP contribution in [-0.2, 0) is 25.7 Å². The first kappa shape index (κ1) is 23.1. The molecule has 0 aromatic heterocycles. The van der Waals surface area contributed by atoms with Gasteiger partial charge in [0, 0.05) is 19.2 Å². The first-order valence-corrected chi connectivity index (χ1v) is 10.4. The lowest BCUT2D eigenvalue weighted by Crippen LogP contribution is -2.60. The number of esters is 1. The van der Waals surface area contributed by atoms with Crippen molar-refractivity contribution in [2.45, 2.75) is 19.1 Å². The molecule has 9 heteroatoms. The van der Waals surface area contributed by atoms with Crippen molar-refractivity contribution in [3.63, 3.8) is 0 Å². The number of hydrogen-bond donors (Lipinski definition) is 2. The highest BCUT2D eigenvalue weighted by atomic mass is 32.1. The Bertz CT molecular complexity index is 1010. The van der Waals surface area contributed by atoms with Crippen molar-refractivity contribution in [1.29, 1.82) is 0 Å². The van der Waals surface area contributed by atoms with Gasteiger partial charge >= 0.3 is 5.97 Å². The second kappa shape index (κ2) is 11.1. The van der Waals surface area contributed by atoms with Gasteiger partial charge in [-0.1, -0.05) is 42.5 Å². The zero-order valence-electron chi connectivity index (χ0n) is 17.1. The molecule has 0 aliphatic carbocycles. The summed E-state index contributed by atoms with van der Waals surface area (Å²) in [5.41, 5.74) is 1.48. The van der Waals surface area contributed by atoms with E-state index in [0.29, 0.717) is 18.7 Å². The van der Waals surface area contributed by atoms with Crippen LogP contribution in [0.3, 0.4) is 0 Å². The lowest BCUT2D eigenvalue weighted by molar-refractivity contribution is -0.148. The number of carbonyl (C=O) groups is 3. The monoisotopic (exact) mass is 455 g/mol. The summed E-state index contributed by atoms with van der Waals surface area (Å²) >= 11 is 5.30. The summed E-state index contributed by atoms with van der Waals surface area (Å²) in [5.74, 6) is -1.79. The predicted octanol–water partition coefficient (Wildman–Crippen LogP) is 2.17. The van der Waals surface area contributed by atoms with E-state index in [-0.39, 0.29) is 29.9 Å². The van der Waals surface area contributed by atoms with Crippen molar-refractivity contribution in [1.82, 2.24) is 15.5 Å². The Morgan fingerprint density at radius 3 is 2.62 bits per heavy atom. The average Bonchev–Trinajstić information content (AvgIpc) is 2.79. The standard InChI is InChI=1S/C23H22FN3O4S/c24-18-9-6-16(7-10-18)8-11-20(28)26-23(32)27-13-12-25-22(30)19(27)14-21(29)31-15-17-4-2-1-3-5-17/h1-11,19H,12-15H2,(H,25,30)(H,26,28,32)/b11-8+. The largest absolute Gasteiger partial charge is 0.461 e.